The summed E-state index contributed by atoms with van der Waals surface area (Å²) in [7, 11) is 0. The smallest absolute Gasteiger partial charge is 0.247 e. The van der Waals surface area contributed by atoms with Gasteiger partial charge in [0, 0.05) is 48.8 Å². The van der Waals surface area contributed by atoms with Crippen LogP contribution in [0.3, 0.4) is 0 Å². The number of halogens is 2. The van der Waals surface area contributed by atoms with Crippen molar-refractivity contribution in [2.24, 2.45) is 0 Å². The van der Waals surface area contributed by atoms with Crippen molar-refractivity contribution in [1.82, 2.24) is 9.80 Å². The molecule has 164 valence electrons. The molecule has 0 aliphatic carbocycles. The van der Waals surface area contributed by atoms with Crippen LogP contribution in [0.15, 0.2) is 36.4 Å². The first-order valence-electron chi connectivity index (χ1n) is 10.8. The highest BCUT2D eigenvalue weighted by Gasteiger charge is 2.30. The summed E-state index contributed by atoms with van der Waals surface area (Å²) in [4.78, 5) is 28.6. The van der Waals surface area contributed by atoms with E-state index in [0.717, 1.165) is 49.5 Å². The Kier molecular flexibility index (Phi) is 6.85. The van der Waals surface area contributed by atoms with E-state index in [1.54, 1.807) is 11.0 Å². The Bertz CT molecular complexity index is 995. The summed E-state index contributed by atoms with van der Waals surface area (Å²) in [5.41, 5.74) is 4.30. The number of hydrogen-bond acceptors (Lipinski definition) is 3. The maximum atomic E-state index is 12.8. The number of likely N-dealkylation sites (tertiary alicyclic amines) is 1. The number of carbonyl (C=O) groups excluding carboxylic acids is 2. The van der Waals surface area contributed by atoms with Gasteiger partial charge in [-0.25, -0.2) is 0 Å². The van der Waals surface area contributed by atoms with Crippen LogP contribution in [0.25, 0.3) is 0 Å². The quantitative estimate of drug-likeness (QED) is 0.707. The molecule has 2 aromatic rings. The number of piperidine rings is 1. The molecule has 1 fully saturated rings. The van der Waals surface area contributed by atoms with E-state index in [4.69, 9.17) is 23.2 Å². The summed E-state index contributed by atoms with van der Waals surface area (Å²) in [5, 5.41) is 4.33. The highest BCUT2D eigenvalue weighted by atomic mass is 35.5. The van der Waals surface area contributed by atoms with Crippen molar-refractivity contribution in [2.45, 2.75) is 51.7 Å². The van der Waals surface area contributed by atoms with E-state index in [2.05, 4.69) is 16.3 Å². The maximum absolute atomic E-state index is 12.8. The molecule has 0 bridgehead atoms. The van der Waals surface area contributed by atoms with Crippen LogP contribution in [0.1, 0.15) is 42.9 Å². The summed E-state index contributed by atoms with van der Waals surface area (Å²) in [5.74, 6) is -0.208. The fourth-order valence-electron chi connectivity index (χ4n) is 4.52. The van der Waals surface area contributed by atoms with Crippen LogP contribution in [0.5, 0.6) is 0 Å². The molecule has 2 aromatic carbocycles. The lowest BCUT2D eigenvalue weighted by Crippen LogP contribution is -2.49. The van der Waals surface area contributed by atoms with Gasteiger partial charge in [-0.15, -0.1) is 0 Å². The average molecular weight is 460 g/mol. The zero-order valence-corrected chi connectivity index (χ0v) is 19.2. The first kappa shape index (κ1) is 22.1. The molecular weight excluding hydrogens is 433 g/mol. The van der Waals surface area contributed by atoms with Gasteiger partial charge in [-0.1, -0.05) is 35.3 Å². The summed E-state index contributed by atoms with van der Waals surface area (Å²) >= 11 is 12.7. The van der Waals surface area contributed by atoms with Gasteiger partial charge in [0.05, 0.1) is 0 Å². The molecule has 5 nitrogen and oxygen atoms in total. The molecule has 2 heterocycles. The highest BCUT2D eigenvalue weighted by Crippen LogP contribution is 2.27. The molecule has 31 heavy (non-hydrogen) atoms. The van der Waals surface area contributed by atoms with Crippen LogP contribution in [0.4, 0.5) is 5.69 Å². The van der Waals surface area contributed by atoms with Gasteiger partial charge in [0.2, 0.25) is 11.8 Å². The van der Waals surface area contributed by atoms with E-state index in [9.17, 15) is 9.59 Å². The van der Waals surface area contributed by atoms with Gasteiger partial charge in [-0.2, -0.15) is 0 Å². The Hall–Kier alpha value is -2.08. The van der Waals surface area contributed by atoms with E-state index < -0.39 is 6.04 Å². The van der Waals surface area contributed by atoms with Crippen LogP contribution in [0.2, 0.25) is 10.0 Å². The van der Waals surface area contributed by atoms with Crippen molar-refractivity contribution in [3.8, 4) is 0 Å². The van der Waals surface area contributed by atoms with Crippen LogP contribution >= 0.6 is 23.2 Å². The van der Waals surface area contributed by atoms with Crippen LogP contribution in [-0.2, 0) is 29.1 Å². The number of carbonyl (C=O) groups is 2. The van der Waals surface area contributed by atoms with Crippen molar-refractivity contribution in [3.05, 3.63) is 63.1 Å². The van der Waals surface area contributed by atoms with Gasteiger partial charge in [0.25, 0.3) is 0 Å². The van der Waals surface area contributed by atoms with Gasteiger partial charge in [0.15, 0.2) is 0 Å². The standard InChI is InChI=1S/C24H27Cl2N3O2/c1-16(30)29-10-3-2-4-23(29)24(31)27-21-8-6-18(22(26)13-21)14-28-11-9-17-5-7-20(25)12-19(17)15-28/h5-8,12-13,23H,2-4,9-11,14-15H2,1H3,(H,27,31)/t23-/m1/s1. The molecule has 0 radical (unpaired) electrons. The SMILES string of the molecule is CC(=O)N1CCCC[C@@H]1C(=O)Nc1ccc(CN2CCc3ccc(Cl)cc3C2)c(Cl)c1. The van der Waals surface area contributed by atoms with E-state index in [0.29, 0.717) is 23.7 Å². The number of nitrogens with zero attached hydrogens (tertiary/aromatic N) is 2. The van der Waals surface area contributed by atoms with E-state index in [-0.39, 0.29) is 11.8 Å². The minimum atomic E-state index is -0.412. The molecule has 1 saturated heterocycles. The molecular formula is C24H27Cl2N3O2. The number of amides is 2. The second-order valence-electron chi connectivity index (χ2n) is 8.39. The highest BCUT2D eigenvalue weighted by molar-refractivity contribution is 6.31. The number of nitrogens with one attached hydrogen (secondary N) is 1. The number of benzene rings is 2. The maximum Gasteiger partial charge on any atom is 0.247 e. The number of anilines is 1. The number of rotatable bonds is 4. The average Bonchev–Trinajstić information content (AvgIpc) is 2.75. The van der Waals surface area contributed by atoms with Crippen LogP contribution in [0, 0.1) is 0 Å². The van der Waals surface area contributed by atoms with E-state index in [1.165, 1.54) is 18.1 Å². The topological polar surface area (TPSA) is 52.7 Å². The monoisotopic (exact) mass is 459 g/mol. The van der Waals surface area contributed by atoms with Gasteiger partial charge in [0.1, 0.15) is 6.04 Å². The summed E-state index contributed by atoms with van der Waals surface area (Å²) < 4.78 is 0. The normalized spacial score (nSPS) is 19.1. The minimum absolute atomic E-state index is 0.0578. The lowest BCUT2D eigenvalue weighted by molar-refractivity contribution is -0.138. The molecule has 2 aliphatic heterocycles. The van der Waals surface area contributed by atoms with Gasteiger partial charge in [-0.05, 0) is 66.6 Å². The van der Waals surface area contributed by atoms with E-state index >= 15 is 0 Å². The lowest BCUT2D eigenvalue weighted by atomic mass is 9.99. The summed E-state index contributed by atoms with van der Waals surface area (Å²) in [6.45, 7) is 4.69. The molecule has 1 atom stereocenters. The third-order valence-corrected chi connectivity index (χ3v) is 6.77. The fraction of sp³-hybridized carbons (Fsp3) is 0.417. The van der Waals surface area contributed by atoms with Crippen LogP contribution < -0.4 is 5.32 Å². The van der Waals surface area contributed by atoms with Crippen LogP contribution in [-0.4, -0.2) is 40.7 Å². The first-order valence-corrected chi connectivity index (χ1v) is 11.5. The van der Waals surface area contributed by atoms with Gasteiger partial charge >= 0.3 is 0 Å². The Balaban J connectivity index is 1.40. The second kappa shape index (κ2) is 9.60. The second-order valence-corrected chi connectivity index (χ2v) is 9.24. The largest absolute Gasteiger partial charge is 0.331 e. The molecule has 0 spiro atoms. The minimum Gasteiger partial charge on any atom is -0.331 e. The van der Waals surface area contributed by atoms with Crippen molar-refractivity contribution >= 4 is 40.7 Å². The molecule has 1 N–H and O–H groups in total. The lowest BCUT2D eigenvalue weighted by Gasteiger charge is -2.34. The zero-order chi connectivity index (χ0) is 22.0. The fourth-order valence-corrected chi connectivity index (χ4v) is 4.95. The van der Waals surface area contributed by atoms with Crippen molar-refractivity contribution in [2.75, 3.05) is 18.4 Å². The third kappa shape index (κ3) is 5.22. The molecule has 7 heteroatoms. The predicted octanol–water partition coefficient (Wildman–Crippen LogP) is 4.89. The molecule has 0 saturated carbocycles. The first-order chi connectivity index (χ1) is 14.9. The van der Waals surface area contributed by atoms with Crippen molar-refractivity contribution in [1.29, 1.82) is 0 Å². The van der Waals surface area contributed by atoms with Gasteiger partial charge in [-0.3, -0.25) is 14.5 Å². The zero-order valence-electron chi connectivity index (χ0n) is 17.7. The predicted molar refractivity (Wildman–Crippen MR) is 124 cm³/mol. The van der Waals surface area contributed by atoms with Crippen molar-refractivity contribution in [3.63, 3.8) is 0 Å². The Morgan fingerprint density at radius 3 is 2.68 bits per heavy atom. The molecule has 4 rings (SSSR count). The van der Waals surface area contributed by atoms with Crippen molar-refractivity contribution < 1.29 is 9.59 Å². The molecule has 0 aromatic heterocycles. The third-order valence-electron chi connectivity index (χ3n) is 6.18. The van der Waals surface area contributed by atoms with Gasteiger partial charge < -0.3 is 10.2 Å². The molecule has 0 unspecified atom stereocenters. The Morgan fingerprint density at radius 1 is 1.06 bits per heavy atom. The number of hydrogen-bond donors (Lipinski definition) is 1. The molecule has 2 aliphatic rings. The summed E-state index contributed by atoms with van der Waals surface area (Å²) in [6.07, 6.45) is 3.58. The number of fused-ring (bicyclic) bond motifs is 1. The Morgan fingerprint density at radius 2 is 1.90 bits per heavy atom. The molecule has 2 amide bonds. The van der Waals surface area contributed by atoms with E-state index in [1.807, 2.05) is 24.3 Å². The Labute approximate surface area is 193 Å². The summed E-state index contributed by atoms with van der Waals surface area (Å²) in [6, 6.07) is 11.3.